The molecule has 2 rings (SSSR count). The molecular formula is C18H31IN4S. The van der Waals surface area contributed by atoms with Crippen LogP contribution >= 0.6 is 35.7 Å². The summed E-state index contributed by atoms with van der Waals surface area (Å²) < 4.78 is 0. The number of para-hydroxylation sites is 1. The molecule has 3 atom stereocenters. The maximum absolute atomic E-state index is 4.38. The smallest absolute Gasteiger partial charge is 0.191 e. The number of nitrogens with one attached hydrogen (secondary N) is 2. The number of aliphatic imine (C=N–C) groups is 1. The lowest BCUT2D eigenvalue weighted by Crippen LogP contribution is -2.47. The molecule has 0 bridgehead atoms. The van der Waals surface area contributed by atoms with Crippen LogP contribution < -0.4 is 15.5 Å². The van der Waals surface area contributed by atoms with Crippen molar-refractivity contribution in [1.29, 1.82) is 0 Å². The highest BCUT2D eigenvalue weighted by atomic mass is 127. The van der Waals surface area contributed by atoms with Crippen LogP contribution in [0.15, 0.2) is 35.3 Å². The summed E-state index contributed by atoms with van der Waals surface area (Å²) in [7, 11) is 3.99. The topological polar surface area (TPSA) is 39.7 Å². The molecule has 1 aromatic rings. The highest BCUT2D eigenvalue weighted by Gasteiger charge is 2.24. The van der Waals surface area contributed by atoms with E-state index in [2.05, 4.69) is 71.1 Å². The van der Waals surface area contributed by atoms with Gasteiger partial charge in [-0.15, -0.1) is 24.0 Å². The third-order valence-electron chi connectivity index (χ3n) is 4.67. The van der Waals surface area contributed by atoms with Crippen LogP contribution in [0.4, 0.5) is 5.69 Å². The lowest BCUT2D eigenvalue weighted by Gasteiger charge is -2.28. The quantitative estimate of drug-likeness (QED) is 0.385. The van der Waals surface area contributed by atoms with Gasteiger partial charge in [-0.2, -0.15) is 11.8 Å². The summed E-state index contributed by atoms with van der Waals surface area (Å²) in [6.45, 7) is 3.09. The molecule has 0 radical (unpaired) electrons. The largest absolute Gasteiger partial charge is 0.370 e. The van der Waals surface area contributed by atoms with Crippen molar-refractivity contribution in [2.75, 3.05) is 31.8 Å². The summed E-state index contributed by atoms with van der Waals surface area (Å²) >= 11 is 1.98. The number of anilines is 1. The van der Waals surface area contributed by atoms with Crippen LogP contribution in [-0.2, 0) is 0 Å². The minimum atomic E-state index is 0. The van der Waals surface area contributed by atoms with Crippen molar-refractivity contribution in [2.24, 2.45) is 4.99 Å². The minimum absolute atomic E-state index is 0. The molecule has 1 aliphatic carbocycles. The Morgan fingerprint density at radius 3 is 2.62 bits per heavy atom. The Balaban J connectivity index is 0.00000288. The molecule has 4 nitrogen and oxygen atoms in total. The number of nitrogens with zero attached hydrogens (tertiary/aromatic N) is 2. The van der Waals surface area contributed by atoms with E-state index < -0.39 is 0 Å². The van der Waals surface area contributed by atoms with E-state index in [-0.39, 0.29) is 24.0 Å². The van der Waals surface area contributed by atoms with E-state index >= 15 is 0 Å². The number of rotatable bonds is 6. The molecule has 0 spiro atoms. The first-order valence-corrected chi connectivity index (χ1v) is 9.70. The predicted molar refractivity (Wildman–Crippen MR) is 119 cm³/mol. The maximum atomic E-state index is 4.38. The first kappa shape index (κ1) is 21.4. The zero-order valence-electron chi connectivity index (χ0n) is 15.2. The van der Waals surface area contributed by atoms with Crippen LogP contribution in [0.3, 0.4) is 0 Å². The second-order valence-corrected chi connectivity index (χ2v) is 7.40. The molecule has 1 aliphatic rings. The standard InChI is InChI=1S/C18H30N4S.HI/c1-14(22(3)16-8-6-5-7-9-16)13-20-18(19-2)21-15-10-11-17(12-15)23-4;/h5-9,14-15,17H,10-13H2,1-4H3,(H2,19,20,21);1H. The molecular weight excluding hydrogens is 431 g/mol. The van der Waals surface area contributed by atoms with Crippen LogP contribution in [0.1, 0.15) is 26.2 Å². The van der Waals surface area contributed by atoms with Crippen molar-refractivity contribution >= 4 is 47.4 Å². The Hall–Kier alpha value is -0.630. The van der Waals surface area contributed by atoms with E-state index in [0.717, 1.165) is 17.8 Å². The predicted octanol–water partition coefficient (Wildman–Crippen LogP) is 3.58. The second-order valence-electron chi connectivity index (χ2n) is 6.26. The molecule has 1 aromatic carbocycles. The van der Waals surface area contributed by atoms with Gasteiger partial charge in [-0.25, -0.2) is 0 Å². The first-order valence-electron chi connectivity index (χ1n) is 8.42. The van der Waals surface area contributed by atoms with Gasteiger partial charge in [0.2, 0.25) is 0 Å². The fourth-order valence-electron chi connectivity index (χ4n) is 2.97. The zero-order chi connectivity index (χ0) is 16.7. The van der Waals surface area contributed by atoms with Gasteiger partial charge in [0, 0.05) is 43.7 Å². The minimum Gasteiger partial charge on any atom is -0.370 e. The Labute approximate surface area is 168 Å². The van der Waals surface area contributed by atoms with Gasteiger partial charge >= 0.3 is 0 Å². The molecule has 2 N–H and O–H groups in total. The summed E-state index contributed by atoms with van der Waals surface area (Å²) in [5.41, 5.74) is 1.24. The van der Waals surface area contributed by atoms with Crippen LogP contribution in [0, 0.1) is 0 Å². The summed E-state index contributed by atoms with van der Waals surface area (Å²) in [5.74, 6) is 0.921. The molecule has 1 saturated carbocycles. The molecule has 0 saturated heterocycles. The highest BCUT2D eigenvalue weighted by molar-refractivity contribution is 14.0. The molecule has 3 unspecified atom stereocenters. The molecule has 1 fully saturated rings. The van der Waals surface area contributed by atoms with Crippen LogP contribution in [0.2, 0.25) is 0 Å². The Morgan fingerprint density at radius 2 is 2.04 bits per heavy atom. The van der Waals surface area contributed by atoms with Gasteiger partial charge in [-0.3, -0.25) is 4.99 Å². The fraction of sp³-hybridized carbons (Fsp3) is 0.611. The average molecular weight is 462 g/mol. The number of benzene rings is 1. The van der Waals surface area contributed by atoms with E-state index in [0.29, 0.717) is 12.1 Å². The van der Waals surface area contributed by atoms with Gasteiger partial charge in [0.05, 0.1) is 0 Å². The van der Waals surface area contributed by atoms with Crippen molar-refractivity contribution in [2.45, 2.75) is 43.5 Å². The van der Waals surface area contributed by atoms with E-state index in [1.165, 1.54) is 24.9 Å². The normalized spacial score (nSPS) is 21.8. The number of thioether (sulfide) groups is 1. The zero-order valence-corrected chi connectivity index (χ0v) is 18.3. The number of likely N-dealkylation sites (N-methyl/N-ethyl adjacent to an activating group) is 1. The van der Waals surface area contributed by atoms with E-state index in [1.54, 1.807) is 0 Å². The molecule has 0 amide bonds. The number of guanidine groups is 1. The summed E-state index contributed by atoms with van der Waals surface area (Å²) in [5, 5.41) is 7.84. The fourth-order valence-corrected chi connectivity index (χ4v) is 3.77. The van der Waals surface area contributed by atoms with Crippen molar-refractivity contribution in [3.8, 4) is 0 Å². The van der Waals surface area contributed by atoms with Crippen LogP contribution in [0.5, 0.6) is 0 Å². The van der Waals surface area contributed by atoms with Crippen molar-refractivity contribution in [3.05, 3.63) is 30.3 Å². The molecule has 6 heteroatoms. The van der Waals surface area contributed by atoms with E-state index in [4.69, 9.17) is 0 Å². The van der Waals surface area contributed by atoms with Crippen LogP contribution in [0.25, 0.3) is 0 Å². The Morgan fingerprint density at radius 1 is 1.33 bits per heavy atom. The monoisotopic (exact) mass is 462 g/mol. The van der Waals surface area contributed by atoms with Crippen molar-refractivity contribution < 1.29 is 0 Å². The lowest BCUT2D eigenvalue weighted by atomic mass is 10.2. The molecule has 24 heavy (non-hydrogen) atoms. The highest BCUT2D eigenvalue weighted by Crippen LogP contribution is 2.28. The summed E-state index contributed by atoms with van der Waals surface area (Å²) in [4.78, 5) is 6.67. The third-order valence-corrected chi connectivity index (χ3v) is 5.77. The molecule has 0 heterocycles. The Kier molecular flexibility index (Phi) is 9.88. The molecule has 0 aliphatic heterocycles. The van der Waals surface area contributed by atoms with E-state index in [1.807, 2.05) is 18.8 Å². The average Bonchev–Trinajstić information content (AvgIpc) is 3.06. The summed E-state index contributed by atoms with van der Waals surface area (Å²) in [6, 6.07) is 11.4. The SMILES string of the molecule is CN=C(NCC(C)N(C)c1ccccc1)NC1CCC(SC)C1.I. The number of hydrogen-bond acceptors (Lipinski definition) is 3. The van der Waals surface area contributed by atoms with Gasteiger partial charge in [-0.05, 0) is 44.6 Å². The Bertz CT molecular complexity index is 497. The van der Waals surface area contributed by atoms with Gasteiger partial charge < -0.3 is 15.5 Å². The second kappa shape index (κ2) is 11.1. The van der Waals surface area contributed by atoms with Crippen molar-refractivity contribution in [1.82, 2.24) is 10.6 Å². The van der Waals surface area contributed by atoms with E-state index in [9.17, 15) is 0 Å². The van der Waals surface area contributed by atoms with Gasteiger partial charge in [0.15, 0.2) is 5.96 Å². The summed E-state index contributed by atoms with van der Waals surface area (Å²) in [6.07, 6.45) is 6.00. The van der Waals surface area contributed by atoms with Gasteiger partial charge in [0.25, 0.3) is 0 Å². The molecule has 136 valence electrons. The lowest BCUT2D eigenvalue weighted by molar-refractivity contribution is 0.598. The maximum Gasteiger partial charge on any atom is 0.191 e. The number of hydrogen-bond donors (Lipinski definition) is 2. The first-order chi connectivity index (χ1) is 11.1. The van der Waals surface area contributed by atoms with Gasteiger partial charge in [-0.1, -0.05) is 18.2 Å². The van der Waals surface area contributed by atoms with Crippen LogP contribution in [-0.4, -0.2) is 50.2 Å². The van der Waals surface area contributed by atoms with Gasteiger partial charge in [0.1, 0.15) is 0 Å². The van der Waals surface area contributed by atoms with Crippen molar-refractivity contribution in [3.63, 3.8) is 0 Å². The third kappa shape index (κ3) is 6.35. The molecule has 0 aromatic heterocycles. The number of halogens is 1.